The number of rotatable bonds is 3. The molecule has 2 aromatic heterocycles. The van der Waals surface area contributed by atoms with Crippen LogP contribution in [-0.4, -0.2) is 26.8 Å². The maximum Gasteiger partial charge on any atom is 0.341 e. The Balaban J connectivity index is 1.83. The van der Waals surface area contributed by atoms with Crippen LogP contribution in [0.4, 0.5) is 0 Å². The van der Waals surface area contributed by atoms with Crippen molar-refractivity contribution in [3.63, 3.8) is 0 Å². The van der Waals surface area contributed by atoms with E-state index >= 15 is 0 Å². The predicted molar refractivity (Wildman–Crippen MR) is 99.4 cm³/mol. The number of aromatic nitrogens is 3. The van der Waals surface area contributed by atoms with Crippen LogP contribution in [-0.2, 0) is 24.2 Å². The van der Waals surface area contributed by atoms with Crippen molar-refractivity contribution in [3.8, 4) is 0 Å². The van der Waals surface area contributed by atoms with Crippen LogP contribution in [0.2, 0.25) is 0 Å². The van der Waals surface area contributed by atoms with E-state index < -0.39 is 0 Å². The lowest BCUT2D eigenvalue weighted by molar-refractivity contribution is 0.0597. The number of nitrogens with zero attached hydrogens (tertiary/aromatic N) is 3. The Bertz CT molecular complexity index is 1030. The molecular weight excluding hydrogens is 406 g/mol. The average Bonchev–Trinajstić information content (AvgIpc) is 3.13. The van der Waals surface area contributed by atoms with E-state index in [1.165, 1.54) is 18.6 Å². The first kappa shape index (κ1) is 16.5. The number of hydrogen-bond acceptors (Lipinski definition) is 5. The second-order valence-corrected chi connectivity index (χ2v) is 7.90. The molecule has 0 unspecified atom stereocenters. The summed E-state index contributed by atoms with van der Waals surface area (Å²) >= 11 is 4.82. The van der Waals surface area contributed by atoms with Crippen molar-refractivity contribution in [2.75, 3.05) is 7.11 Å². The first-order valence-electron chi connectivity index (χ1n) is 8.05. The fourth-order valence-corrected chi connectivity index (χ4v) is 5.00. The molecule has 1 aliphatic heterocycles. The lowest BCUT2D eigenvalue weighted by Gasteiger charge is -2.13. The molecule has 0 saturated heterocycles. The van der Waals surface area contributed by atoms with Gasteiger partial charge < -0.3 is 4.74 Å². The van der Waals surface area contributed by atoms with Gasteiger partial charge in [-0.2, -0.15) is 5.10 Å². The van der Waals surface area contributed by atoms with Gasteiger partial charge in [0.25, 0.3) is 5.56 Å². The van der Waals surface area contributed by atoms with E-state index in [1.807, 2.05) is 22.9 Å². The molecule has 0 radical (unpaired) electrons. The zero-order chi connectivity index (χ0) is 17.6. The van der Waals surface area contributed by atoms with Gasteiger partial charge in [-0.05, 0) is 47.3 Å². The van der Waals surface area contributed by atoms with Gasteiger partial charge in [0, 0.05) is 11.0 Å². The van der Waals surface area contributed by atoms with Crippen LogP contribution in [0, 0.1) is 0 Å². The summed E-state index contributed by atoms with van der Waals surface area (Å²) < 4.78 is 10.2. The molecule has 4 rings (SSSR count). The summed E-state index contributed by atoms with van der Waals surface area (Å²) in [5.41, 5.74) is 1.97. The third-order valence-corrected chi connectivity index (χ3v) is 6.18. The number of ether oxygens (including phenoxy) is 1. The molecule has 1 aromatic carbocycles. The summed E-state index contributed by atoms with van der Waals surface area (Å²) in [5, 5.41) is 5.26. The van der Waals surface area contributed by atoms with E-state index in [1.54, 1.807) is 3.96 Å². The van der Waals surface area contributed by atoms with Crippen molar-refractivity contribution in [2.24, 2.45) is 0 Å². The summed E-state index contributed by atoms with van der Waals surface area (Å²) in [6.45, 7) is 1.07. The normalized spacial score (nSPS) is 13.8. The topological polar surface area (TPSA) is 66.1 Å². The van der Waals surface area contributed by atoms with Crippen LogP contribution in [0.1, 0.15) is 34.6 Å². The Hall–Kier alpha value is -1.93. The Morgan fingerprint density at radius 1 is 1.40 bits per heavy atom. The molecule has 0 spiro atoms. The molecule has 1 aliphatic rings. The van der Waals surface area contributed by atoms with Crippen molar-refractivity contribution in [1.29, 1.82) is 0 Å². The van der Waals surface area contributed by atoms with Gasteiger partial charge in [-0.1, -0.05) is 17.6 Å². The minimum Gasteiger partial charge on any atom is -0.465 e. The molecule has 0 atom stereocenters. The Morgan fingerprint density at radius 2 is 2.24 bits per heavy atom. The summed E-state index contributed by atoms with van der Waals surface area (Å²) in [7, 11) is 1.38. The zero-order valence-corrected chi connectivity index (χ0v) is 16.0. The third-order valence-electron chi connectivity index (χ3n) is 4.47. The second kappa shape index (κ2) is 6.42. The molecule has 0 aliphatic carbocycles. The molecular formula is C17H16BrN3O3S. The van der Waals surface area contributed by atoms with E-state index in [0.29, 0.717) is 16.6 Å². The van der Waals surface area contributed by atoms with Gasteiger partial charge in [-0.25, -0.2) is 4.79 Å². The number of methoxy groups -OCH3 is 1. The third kappa shape index (κ3) is 2.73. The lowest BCUT2D eigenvalue weighted by Crippen LogP contribution is -2.16. The van der Waals surface area contributed by atoms with Crippen molar-refractivity contribution in [2.45, 2.75) is 32.4 Å². The number of carbonyl (C=O) groups excluding carboxylic acids is 1. The van der Waals surface area contributed by atoms with Crippen LogP contribution in [0.15, 0.2) is 27.5 Å². The van der Waals surface area contributed by atoms with Crippen molar-refractivity contribution in [1.82, 2.24) is 13.7 Å². The van der Waals surface area contributed by atoms with Gasteiger partial charge in [0.1, 0.15) is 5.56 Å². The second-order valence-electron chi connectivity index (χ2n) is 5.99. The molecule has 3 heterocycles. The van der Waals surface area contributed by atoms with Crippen LogP contribution in [0.25, 0.3) is 10.1 Å². The van der Waals surface area contributed by atoms with E-state index in [9.17, 15) is 9.59 Å². The maximum absolute atomic E-state index is 12.7. The Labute approximate surface area is 156 Å². The van der Waals surface area contributed by atoms with Gasteiger partial charge in [0.05, 0.1) is 35.1 Å². The molecule has 130 valence electrons. The fraction of sp³-hybridized carbons (Fsp3) is 0.353. The standard InChI is InChI=1S/C17H16BrN3O3S/c1-24-17(23)15-11(19-20-8-3-2-6-12(15)20)9-21-16(22)14-10(18)5-4-7-13(14)25-21/h4-5,7H,2-3,6,8-9H2,1H3. The van der Waals surface area contributed by atoms with Crippen molar-refractivity contribution in [3.05, 3.63) is 50.0 Å². The molecule has 0 saturated carbocycles. The predicted octanol–water partition coefficient (Wildman–Crippen LogP) is 3.19. The first-order chi connectivity index (χ1) is 12.1. The molecule has 8 heteroatoms. The number of fused-ring (bicyclic) bond motifs is 2. The summed E-state index contributed by atoms with van der Waals surface area (Å²) in [6.07, 6.45) is 2.89. The highest BCUT2D eigenvalue weighted by Gasteiger charge is 2.26. The van der Waals surface area contributed by atoms with Crippen LogP contribution in [0.3, 0.4) is 0 Å². The average molecular weight is 422 g/mol. The molecule has 0 amide bonds. The molecule has 3 aromatic rings. The highest BCUT2D eigenvalue weighted by Crippen LogP contribution is 2.27. The number of benzene rings is 1. The summed E-state index contributed by atoms with van der Waals surface area (Å²) in [4.78, 5) is 25.0. The molecule has 0 bridgehead atoms. The van der Waals surface area contributed by atoms with E-state index in [2.05, 4.69) is 21.0 Å². The van der Waals surface area contributed by atoms with E-state index in [0.717, 1.165) is 40.7 Å². The van der Waals surface area contributed by atoms with Crippen LogP contribution in [0.5, 0.6) is 0 Å². The van der Waals surface area contributed by atoms with Gasteiger partial charge in [-0.3, -0.25) is 13.4 Å². The lowest BCUT2D eigenvalue weighted by atomic mass is 10.0. The molecule has 25 heavy (non-hydrogen) atoms. The van der Waals surface area contributed by atoms with E-state index in [-0.39, 0.29) is 18.1 Å². The smallest absolute Gasteiger partial charge is 0.341 e. The van der Waals surface area contributed by atoms with Gasteiger partial charge in [0.15, 0.2) is 0 Å². The van der Waals surface area contributed by atoms with Crippen molar-refractivity contribution >= 4 is 43.5 Å². The first-order valence-corrected chi connectivity index (χ1v) is 9.62. The molecule has 0 fully saturated rings. The number of carbonyl (C=O) groups is 1. The van der Waals surface area contributed by atoms with Crippen LogP contribution < -0.4 is 5.56 Å². The van der Waals surface area contributed by atoms with Gasteiger partial charge >= 0.3 is 5.97 Å². The minimum atomic E-state index is -0.381. The number of halogens is 1. The van der Waals surface area contributed by atoms with Crippen molar-refractivity contribution < 1.29 is 9.53 Å². The van der Waals surface area contributed by atoms with E-state index in [4.69, 9.17) is 4.74 Å². The summed E-state index contributed by atoms with van der Waals surface area (Å²) in [5.74, 6) is -0.381. The largest absolute Gasteiger partial charge is 0.465 e. The highest BCUT2D eigenvalue weighted by atomic mass is 79.9. The number of esters is 1. The zero-order valence-electron chi connectivity index (χ0n) is 13.6. The van der Waals surface area contributed by atoms with Crippen LogP contribution >= 0.6 is 27.5 Å². The van der Waals surface area contributed by atoms with Gasteiger partial charge in [-0.15, -0.1) is 0 Å². The monoisotopic (exact) mass is 421 g/mol. The fourth-order valence-electron chi connectivity index (χ4n) is 3.31. The minimum absolute atomic E-state index is 0.0748. The Morgan fingerprint density at radius 3 is 3.00 bits per heavy atom. The highest BCUT2D eigenvalue weighted by molar-refractivity contribution is 9.10. The molecule has 6 nitrogen and oxygen atoms in total. The quantitative estimate of drug-likeness (QED) is 0.609. The number of aryl methyl sites for hydroxylation is 1. The number of hydrogen-bond donors (Lipinski definition) is 0. The Kier molecular flexibility index (Phi) is 4.24. The summed E-state index contributed by atoms with van der Waals surface area (Å²) in [6, 6.07) is 5.68. The maximum atomic E-state index is 12.7. The SMILES string of the molecule is COC(=O)c1c(Cn2sc3cccc(Br)c3c2=O)nn2c1CCCC2. The van der Waals surface area contributed by atoms with Gasteiger partial charge in [0.2, 0.25) is 0 Å². The molecule has 0 N–H and O–H groups in total.